The molecule has 16 heavy (non-hydrogen) atoms. The van der Waals surface area contributed by atoms with E-state index in [2.05, 4.69) is 10.3 Å². The third-order valence-electron chi connectivity index (χ3n) is 2.60. The Balaban J connectivity index is 2.11. The molecule has 1 aliphatic heterocycles. The lowest BCUT2D eigenvalue weighted by atomic mass is 10.2. The van der Waals surface area contributed by atoms with Gasteiger partial charge in [-0.15, -0.1) is 0 Å². The van der Waals surface area contributed by atoms with Crippen LogP contribution < -0.4 is 15.8 Å². The molecule has 0 aromatic carbocycles. The fourth-order valence-corrected chi connectivity index (χ4v) is 1.79. The first-order valence-corrected chi connectivity index (χ1v) is 5.30. The highest BCUT2D eigenvalue weighted by molar-refractivity contribution is 5.92. The van der Waals surface area contributed by atoms with Crippen LogP contribution in [0.1, 0.15) is 22.5 Å². The number of carbonyl (C=O) groups excluding carboxylic acids is 1. The number of hydrogen-bond donors (Lipinski definition) is 2. The summed E-state index contributed by atoms with van der Waals surface area (Å²) in [7, 11) is 0. The highest BCUT2D eigenvalue weighted by Crippen LogP contribution is 2.17. The maximum Gasteiger partial charge on any atom is 0.267 e. The SMILES string of the molecule is Cc1cc(O[C@H]2CCNC2)cnc1C(N)=O. The maximum atomic E-state index is 11.0. The van der Waals surface area contributed by atoms with E-state index in [9.17, 15) is 4.79 Å². The van der Waals surface area contributed by atoms with Gasteiger partial charge in [-0.1, -0.05) is 0 Å². The zero-order chi connectivity index (χ0) is 11.5. The molecule has 1 atom stereocenters. The van der Waals surface area contributed by atoms with Gasteiger partial charge in [0, 0.05) is 6.54 Å². The third kappa shape index (κ3) is 2.30. The monoisotopic (exact) mass is 221 g/mol. The second-order valence-corrected chi connectivity index (χ2v) is 3.93. The van der Waals surface area contributed by atoms with Crippen LogP contribution in [0.2, 0.25) is 0 Å². The van der Waals surface area contributed by atoms with Gasteiger partial charge in [-0.3, -0.25) is 4.79 Å². The number of hydrogen-bond acceptors (Lipinski definition) is 4. The quantitative estimate of drug-likeness (QED) is 0.766. The molecule has 1 saturated heterocycles. The van der Waals surface area contributed by atoms with Gasteiger partial charge in [-0.05, 0) is 31.5 Å². The van der Waals surface area contributed by atoms with Crippen molar-refractivity contribution in [1.29, 1.82) is 0 Å². The van der Waals surface area contributed by atoms with Crippen LogP contribution in [0.25, 0.3) is 0 Å². The molecule has 0 unspecified atom stereocenters. The van der Waals surface area contributed by atoms with Crippen molar-refractivity contribution in [2.24, 2.45) is 5.73 Å². The molecule has 1 aliphatic rings. The van der Waals surface area contributed by atoms with Gasteiger partial charge in [-0.25, -0.2) is 4.98 Å². The van der Waals surface area contributed by atoms with Crippen molar-refractivity contribution in [2.45, 2.75) is 19.4 Å². The second-order valence-electron chi connectivity index (χ2n) is 3.93. The average molecular weight is 221 g/mol. The van der Waals surface area contributed by atoms with E-state index in [1.807, 2.05) is 0 Å². The first-order chi connectivity index (χ1) is 7.66. The van der Waals surface area contributed by atoms with Gasteiger partial charge in [0.15, 0.2) is 0 Å². The van der Waals surface area contributed by atoms with Crippen molar-refractivity contribution in [3.05, 3.63) is 23.5 Å². The van der Waals surface area contributed by atoms with E-state index in [1.165, 1.54) is 0 Å². The summed E-state index contributed by atoms with van der Waals surface area (Å²) in [6.45, 7) is 3.64. The Morgan fingerprint density at radius 3 is 3.06 bits per heavy atom. The minimum absolute atomic E-state index is 0.195. The standard InChI is InChI=1S/C11H15N3O2/c1-7-4-9(6-14-10(7)11(12)15)16-8-2-3-13-5-8/h4,6,8,13H,2-3,5H2,1H3,(H2,12,15)/t8-/m0/s1. The molecule has 2 heterocycles. The number of nitrogens with two attached hydrogens (primary N) is 1. The van der Waals surface area contributed by atoms with E-state index < -0.39 is 5.91 Å². The summed E-state index contributed by atoms with van der Waals surface area (Å²) in [6.07, 6.45) is 2.74. The topological polar surface area (TPSA) is 77.2 Å². The minimum Gasteiger partial charge on any atom is -0.487 e. The van der Waals surface area contributed by atoms with Gasteiger partial charge in [0.25, 0.3) is 5.91 Å². The molecule has 5 nitrogen and oxygen atoms in total. The van der Waals surface area contributed by atoms with Crippen LogP contribution in [-0.4, -0.2) is 30.1 Å². The molecular formula is C11H15N3O2. The predicted octanol–water partition coefficient (Wildman–Crippen LogP) is 0.230. The Hall–Kier alpha value is -1.62. The van der Waals surface area contributed by atoms with Gasteiger partial charge in [0.05, 0.1) is 6.20 Å². The zero-order valence-electron chi connectivity index (χ0n) is 9.19. The van der Waals surface area contributed by atoms with Crippen LogP contribution in [-0.2, 0) is 0 Å². The Morgan fingerprint density at radius 2 is 2.50 bits per heavy atom. The Morgan fingerprint density at radius 1 is 1.69 bits per heavy atom. The molecule has 0 radical (unpaired) electrons. The Bertz CT molecular complexity index is 400. The Labute approximate surface area is 94.0 Å². The van der Waals surface area contributed by atoms with Crippen LogP contribution in [0, 0.1) is 6.92 Å². The third-order valence-corrected chi connectivity index (χ3v) is 2.60. The lowest BCUT2D eigenvalue weighted by Crippen LogP contribution is -2.20. The van der Waals surface area contributed by atoms with E-state index in [-0.39, 0.29) is 6.10 Å². The number of carbonyl (C=O) groups is 1. The molecule has 0 bridgehead atoms. The van der Waals surface area contributed by atoms with Crippen molar-refractivity contribution in [2.75, 3.05) is 13.1 Å². The number of aryl methyl sites for hydroxylation is 1. The van der Waals surface area contributed by atoms with Gasteiger partial charge >= 0.3 is 0 Å². The van der Waals surface area contributed by atoms with Crippen LogP contribution in [0.5, 0.6) is 5.75 Å². The predicted molar refractivity (Wildman–Crippen MR) is 59.4 cm³/mol. The summed E-state index contributed by atoms with van der Waals surface area (Å²) < 4.78 is 5.71. The van der Waals surface area contributed by atoms with Crippen LogP contribution in [0.15, 0.2) is 12.3 Å². The highest BCUT2D eigenvalue weighted by atomic mass is 16.5. The summed E-state index contributed by atoms with van der Waals surface area (Å²) >= 11 is 0. The smallest absolute Gasteiger partial charge is 0.267 e. The number of amides is 1. The molecule has 0 saturated carbocycles. The van der Waals surface area contributed by atoms with Crippen molar-refractivity contribution >= 4 is 5.91 Å². The molecular weight excluding hydrogens is 206 g/mol. The molecule has 5 heteroatoms. The van der Waals surface area contributed by atoms with Crippen LogP contribution in [0.3, 0.4) is 0 Å². The van der Waals surface area contributed by atoms with Crippen LogP contribution in [0.4, 0.5) is 0 Å². The van der Waals surface area contributed by atoms with Gasteiger partial charge in [0.2, 0.25) is 0 Å². The van der Waals surface area contributed by atoms with Crippen molar-refractivity contribution in [3.8, 4) is 5.75 Å². The van der Waals surface area contributed by atoms with E-state index >= 15 is 0 Å². The van der Waals surface area contributed by atoms with Gasteiger partial charge in [-0.2, -0.15) is 0 Å². The summed E-state index contributed by atoms with van der Waals surface area (Å²) in [4.78, 5) is 15.0. The number of rotatable bonds is 3. The molecule has 3 N–H and O–H groups in total. The molecule has 2 rings (SSSR count). The van der Waals surface area contributed by atoms with E-state index in [1.54, 1.807) is 19.2 Å². The number of ether oxygens (including phenoxy) is 1. The summed E-state index contributed by atoms with van der Waals surface area (Å²) in [5.74, 6) is 0.183. The van der Waals surface area contributed by atoms with Gasteiger partial charge in [0.1, 0.15) is 17.5 Å². The van der Waals surface area contributed by atoms with E-state index in [0.29, 0.717) is 11.4 Å². The summed E-state index contributed by atoms with van der Waals surface area (Å²) in [6, 6.07) is 1.80. The van der Waals surface area contributed by atoms with E-state index in [0.717, 1.165) is 25.1 Å². The molecule has 1 aromatic heterocycles. The second kappa shape index (κ2) is 4.49. The first kappa shape index (κ1) is 10.9. The summed E-state index contributed by atoms with van der Waals surface area (Å²) in [5, 5.41) is 3.22. The van der Waals surface area contributed by atoms with Crippen molar-refractivity contribution in [1.82, 2.24) is 10.3 Å². The molecule has 1 fully saturated rings. The summed E-state index contributed by atoms with van der Waals surface area (Å²) in [5.41, 5.74) is 6.22. The van der Waals surface area contributed by atoms with E-state index in [4.69, 9.17) is 10.5 Å². The highest BCUT2D eigenvalue weighted by Gasteiger charge is 2.16. The number of aromatic nitrogens is 1. The molecule has 1 aromatic rings. The lowest BCUT2D eigenvalue weighted by Gasteiger charge is -2.13. The molecule has 0 spiro atoms. The van der Waals surface area contributed by atoms with Crippen molar-refractivity contribution < 1.29 is 9.53 Å². The van der Waals surface area contributed by atoms with Crippen molar-refractivity contribution in [3.63, 3.8) is 0 Å². The first-order valence-electron chi connectivity index (χ1n) is 5.30. The number of pyridine rings is 1. The number of nitrogens with zero attached hydrogens (tertiary/aromatic N) is 1. The zero-order valence-corrected chi connectivity index (χ0v) is 9.19. The molecule has 86 valence electrons. The number of primary amides is 1. The molecule has 1 amide bonds. The van der Waals surface area contributed by atoms with Gasteiger partial charge < -0.3 is 15.8 Å². The fourth-order valence-electron chi connectivity index (χ4n) is 1.79. The van der Waals surface area contributed by atoms with Crippen LogP contribution >= 0.6 is 0 Å². The minimum atomic E-state index is -0.508. The fraction of sp³-hybridized carbons (Fsp3) is 0.455. The Kier molecular flexibility index (Phi) is 3.05. The number of nitrogens with one attached hydrogen (secondary N) is 1. The largest absolute Gasteiger partial charge is 0.487 e. The normalized spacial score (nSPS) is 19.7. The maximum absolute atomic E-state index is 11.0. The lowest BCUT2D eigenvalue weighted by molar-refractivity contribution is 0.0995. The molecule has 0 aliphatic carbocycles. The average Bonchev–Trinajstić information content (AvgIpc) is 2.70.